The van der Waals surface area contributed by atoms with Crippen molar-refractivity contribution >= 4 is 0 Å². The largest absolute Gasteiger partial charge is 0.330 e. The maximum absolute atomic E-state index is 5.59. The molecular weight excluding hydrogens is 220 g/mol. The van der Waals surface area contributed by atoms with Gasteiger partial charge >= 0.3 is 0 Å². The summed E-state index contributed by atoms with van der Waals surface area (Å²) in [6.07, 6.45) is 12.0. The van der Waals surface area contributed by atoms with Crippen LogP contribution in [0.5, 0.6) is 0 Å². The molecule has 2 N–H and O–H groups in total. The van der Waals surface area contributed by atoms with Gasteiger partial charge in [-0.3, -0.25) is 0 Å². The molecule has 4 fully saturated rings. The minimum atomic E-state index is 0.756. The molecule has 2 nitrogen and oxygen atoms in total. The van der Waals surface area contributed by atoms with E-state index >= 15 is 0 Å². The lowest BCUT2D eigenvalue weighted by atomic mass is 9.49. The van der Waals surface area contributed by atoms with E-state index in [0.29, 0.717) is 0 Å². The van der Waals surface area contributed by atoms with Gasteiger partial charge in [0.05, 0.1) is 0 Å². The van der Waals surface area contributed by atoms with E-state index < -0.39 is 0 Å². The van der Waals surface area contributed by atoms with Crippen molar-refractivity contribution in [3.8, 4) is 0 Å². The normalized spacial score (nSPS) is 41.8. The number of nitrogens with two attached hydrogens (primary N) is 1. The first-order valence-corrected chi connectivity index (χ1v) is 8.08. The summed E-state index contributed by atoms with van der Waals surface area (Å²) in [5, 5.41) is 0. The summed E-state index contributed by atoms with van der Waals surface area (Å²) in [4.78, 5) is 2.51. The first-order valence-electron chi connectivity index (χ1n) is 8.08. The van der Waals surface area contributed by atoms with Gasteiger partial charge in [0.1, 0.15) is 0 Å². The Morgan fingerprint density at radius 3 is 2.06 bits per heavy atom. The van der Waals surface area contributed by atoms with E-state index in [1.54, 1.807) is 38.5 Å². The van der Waals surface area contributed by atoms with Crippen LogP contribution in [0, 0.1) is 23.2 Å². The fraction of sp³-hybridized carbons (Fsp3) is 1.00. The Hall–Kier alpha value is -0.0800. The Labute approximate surface area is 112 Å². The third kappa shape index (κ3) is 2.60. The number of hydrogen-bond donors (Lipinski definition) is 1. The molecule has 4 aliphatic carbocycles. The summed E-state index contributed by atoms with van der Waals surface area (Å²) in [5.41, 5.74) is 6.35. The highest BCUT2D eigenvalue weighted by molar-refractivity contribution is 5.01. The smallest absolute Gasteiger partial charge is 0.000976 e. The van der Waals surface area contributed by atoms with Crippen LogP contribution in [0.1, 0.15) is 51.4 Å². The predicted molar refractivity (Wildman–Crippen MR) is 76.4 cm³/mol. The second-order valence-corrected chi connectivity index (χ2v) is 7.61. The van der Waals surface area contributed by atoms with Gasteiger partial charge in [-0.15, -0.1) is 0 Å². The summed E-state index contributed by atoms with van der Waals surface area (Å²) in [7, 11) is 2.27. The molecule has 0 saturated heterocycles. The zero-order chi connectivity index (χ0) is 12.6. The summed E-state index contributed by atoms with van der Waals surface area (Å²) in [6, 6.07) is 0. The van der Waals surface area contributed by atoms with Gasteiger partial charge in [0.25, 0.3) is 0 Å². The fourth-order valence-electron chi connectivity index (χ4n) is 5.50. The third-order valence-electron chi connectivity index (χ3n) is 5.93. The van der Waals surface area contributed by atoms with Gasteiger partial charge in [0.2, 0.25) is 0 Å². The Kier molecular flexibility index (Phi) is 3.68. The maximum Gasteiger partial charge on any atom is -0.000976 e. The number of nitrogens with zero attached hydrogens (tertiary/aromatic N) is 1. The van der Waals surface area contributed by atoms with E-state index in [1.807, 2.05) is 0 Å². The molecule has 18 heavy (non-hydrogen) atoms. The van der Waals surface area contributed by atoms with E-state index in [0.717, 1.165) is 36.1 Å². The van der Waals surface area contributed by atoms with Crippen LogP contribution in [-0.2, 0) is 0 Å². The van der Waals surface area contributed by atoms with Crippen molar-refractivity contribution < 1.29 is 0 Å². The van der Waals surface area contributed by atoms with E-state index in [2.05, 4.69) is 11.9 Å². The van der Waals surface area contributed by atoms with Crippen molar-refractivity contribution in [3.63, 3.8) is 0 Å². The minimum absolute atomic E-state index is 0.756. The quantitative estimate of drug-likeness (QED) is 0.785. The van der Waals surface area contributed by atoms with E-state index in [1.165, 1.54) is 19.5 Å². The molecule has 0 heterocycles. The second kappa shape index (κ2) is 5.13. The van der Waals surface area contributed by atoms with E-state index in [-0.39, 0.29) is 0 Å². The molecule has 0 radical (unpaired) electrons. The van der Waals surface area contributed by atoms with Gasteiger partial charge in [0.15, 0.2) is 0 Å². The average molecular weight is 250 g/mol. The van der Waals surface area contributed by atoms with Crippen molar-refractivity contribution in [1.29, 1.82) is 0 Å². The molecule has 0 unspecified atom stereocenters. The first kappa shape index (κ1) is 12.9. The summed E-state index contributed by atoms with van der Waals surface area (Å²) < 4.78 is 0. The highest BCUT2D eigenvalue weighted by atomic mass is 15.1. The topological polar surface area (TPSA) is 29.3 Å². The van der Waals surface area contributed by atoms with Crippen molar-refractivity contribution in [1.82, 2.24) is 4.90 Å². The molecule has 0 aromatic heterocycles. The SMILES string of the molecule is CN(CCCN)CCC12CC3CC(CC(C3)C1)C2. The second-order valence-electron chi connectivity index (χ2n) is 7.61. The van der Waals surface area contributed by atoms with Crippen LogP contribution in [-0.4, -0.2) is 31.6 Å². The maximum atomic E-state index is 5.59. The molecule has 0 spiro atoms. The Morgan fingerprint density at radius 1 is 1.00 bits per heavy atom. The molecular formula is C16H30N2. The van der Waals surface area contributed by atoms with Crippen LogP contribution in [0.2, 0.25) is 0 Å². The Balaban J connectivity index is 1.52. The van der Waals surface area contributed by atoms with Crippen molar-refractivity contribution in [2.45, 2.75) is 51.4 Å². The summed E-state index contributed by atoms with van der Waals surface area (Å²) in [5.74, 6) is 3.31. The molecule has 0 aliphatic heterocycles. The molecule has 0 atom stereocenters. The van der Waals surface area contributed by atoms with E-state index in [9.17, 15) is 0 Å². The average Bonchev–Trinajstić information content (AvgIpc) is 2.32. The molecule has 0 amide bonds. The fourth-order valence-corrected chi connectivity index (χ4v) is 5.50. The van der Waals surface area contributed by atoms with Crippen molar-refractivity contribution in [2.75, 3.05) is 26.7 Å². The Morgan fingerprint density at radius 2 is 1.56 bits per heavy atom. The standard InChI is InChI=1S/C16H30N2/c1-18(5-2-4-17)6-3-16-10-13-7-14(11-16)9-15(8-13)12-16/h13-15H,2-12,17H2,1H3. The predicted octanol–water partition coefficient (Wildman–Crippen LogP) is 2.87. The van der Waals surface area contributed by atoms with Crippen LogP contribution in [0.3, 0.4) is 0 Å². The molecule has 104 valence electrons. The first-order chi connectivity index (χ1) is 8.69. The third-order valence-corrected chi connectivity index (χ3v) is 5.93. The van der Waals surface area contributed by atoms with Crippen LogP contribution >= 0.6 is 0 Å². The minimum Gasteiger partial charge on any atom is -0.330 e. The van der Waals surface area contributed by atoms with Crippen LogP contribution in [0.15, 0.2) is 0 Å². The molecule has 4 bridgehead atoms. The molecule has 4 saturated carbocycles. The Bertz CT molecular complexity index is 252. The van der Waals surface area contributed by atoms with Gasteiger partial charge in [-0.25, -0.2) is 0 Å². The van der Waals surface area contributed by atoms with Gasteiger partial charge in [-0.1, -0.05) is 0 Å². The van der Waals surface area contributed by atoms with Gasteiger partial charge in [-0.2, -0.15) is 0 Å². The summed E-state index contributed by atoms with van der Waals surface area (Å²) >= 11 is 0. The molecule has 2 heteroatoms. The van der Waals surface area contributed by atoms with Crippen molar-refractivity contribution in [3.05, 3.63) is 0 Å². The zero-order valence-electron chi connectivity index (χ0n) is 12.0. The number of rotatable bonds is 6. The van der Waals surface area contributed by atoms with Crippen LogP contribution in [0.4, 0.5) is 0 Å². The van der Waals surface area contributed by atoms with Crippen LogP contribution < -0.4 is 5.73 Å². The van der Waals surface area contributed by atoms with Gasteiger partial charge in [-0.05, 0) is 101 Å². The number of hydrogen-bond acceptors (Lipinski definition) is 2. The monoisotopic (exact) mass is 250 g/mol. The molecule has 0 aromatic carbocycles. The van der Waals surface area contributed by atoms with Gasteiger partial charge in [0, 0.05) is 0 Å². The highest BCUT2D eigenvalue weighted by Gasteiger charge is 2.50. The highest BCUT2D eigenvalue weighted by Crippen LogP contribution is 2.61. The van der Waals surface area contributed by atoms with Crippen LogP contribution in [0.25, 0.3) is 0 Å². The molecule has 4 aliphatic rings. The van der Waals surface area contributed by atoms with E-state index in [4.69, 9.17) is 5.73 Å². The van der Waals surface area contributed by atoms with Crippen molar-refractivity contribution in [2.24, 2.45) is 28.9 Å². The zero-order valence-corrected chi connectivity index (χ0v) is 12.0. The lowest BCUT2D eigenvalue weighted by Crippen LogP contribution is -2.47. The molecule has 4 rings (SSSR count). The lowest BCUT2D eigenvalue weighted by Gasteiger charge is -2.57. The lowest BCUT2D eigenvalue weighted by molar-refractivity contribution is -0.0602. The summed E-state index contributed by atoms with van der Waals surface area (Å²) in [6.45, 7) is 3.32. The van der Waals surface area contributed by atoms with Gasteiger partial charge < -0.3 is 10.6 Å². The molecule has 0 aromatic rings.